The zero-order valence-corrected chi connectivity index (χ0v) is 17.0. The van der Waals surface area contributed by atoms with E-state index in [9.17, 15) is 9.59 Å². The van der Waals surface area contributed by atoms with Gasteiger partial charge in [0.15, 0.2) is 0 Å². The van der Waals surface area contributed by atoms with Crippen LogP contribution >= 0.6 is 0 Å². The molecule has 0 bridgehead atoms. The maximum Gasteiger partial charge on any atom is 0.227 e. The Morgan fingerprint density at radius 2 is 1.75 bits per heavy atom. The van der Waals surface area contributed by atoms with Gasteiger partial charge in [-0.15, -0.1) is 0 Å². The second-order valence-electron chi connectivity index (χ2n) is 8.95. The van der Waals surface area contributed by atoms with E-state index in [-0.39, 0.29) is 11.8 Å². The molecule has 1 aromatic carbocycles. The molecule has 3 aliphatic rings. The smallest absolute Gasteiger partial charge is 0.227 e. The molecule has 6 atom stereocenters. The summed E-state index contributed by atoms with van der Waals surface area (Å²) >= 11 is 0. The van der Waals surface area contributed by atoms with E-state index in [2.05, 4.69) is 24.5 Å². The SMILES string of the molecule is CCC1C(NC=O)=C(C)CC2C1CCC1C(C(=O)Nc3ccccc3)CCC12. The van der Waals surface area contributed by atoms with Gasteiger partial charge in [0.2, 0.25) is 12.3 Å². The summed E-state index contributed by atoms with van der Waals surface area (Å²) in [7, 11) is 0. The van der Waals surface area contributed by atoms with E-state index in [1.807, 2.05) is 30.3 Å². The van der Waals surface area contributed by atoms with Gasteiger partial charge < -0.3 is 10.6 Å². The lowest BCUT2D eigenvalue weighted by Gasteiger charge is -2.48. The first-order chi connectivity index (χ1) is 13.6. The van der Waals surface area contributed by atoms with Crippen molar-refractivity contribution in [2.24, 2.45) is 35.5 Å². The number of allylic oxidation sites excluding steroid dienone is 2. The Morgan fingerprint density at radius 1 is 1.04 bits per heavy atom. The van der Waals surface area contributed by atoms with Crippen molar-refractivity contribution in [3.63, 3.8) is 0 Å². The first-order valence-corrected chi connectivity index (χ1v) is 10.9. The zero-order chi connectivity index (χ0) is 19.7. The predicted octanol–water partition coefficient (Wildman–Crippen LogP) is 4.74. The van der Waals surface area contributed by atoms with Crippen molar-refractivity contribution < 1.29 is 9.59 Å². The lowest BCUT2D eigenvalue weighted by molar-refractivity contribution is -0.122. The number of benzene rings is 1. The Labute approximate surface area is 168 Å². The number of para-hydroxylation sites is 1. The fourth-order valence-electron chi connectivity index (χ4n) is 6.64. The number of hydrogen-bond donors (Lipinski definition) is 2. The average Bonchev–Trinajstić information content (AvgIpc) is 3.14. The summed E-state index contributed by atoms with van der Waals surface area (Å²) < 4.78 is 0. The van der Waals surface area contributed by atoms with Crippen molar-refractivity contribution in [1.29, 1.82) is 0 Å². The fraction of sp³-hybridized carbons (Fsp3) is 0.583. The molecule has 0 heterocycles. The summed E-state index contributed by atoms with van der Waals surface area (Å²) in [6.45, 7) is 4.42. The number of hydrogen-bond acceptors (Lipinski definition) is 2. The van der Waals surface area contributed by atoms with Crippen molar-refractivity contribution >= 4 is 18.0 Å². The van der Waals surface area contributed by atoms with Gasteiger partial charge in [-0.05, 0) is 81.3 Å². The van der Waals surface area contributed by atoms with Crippen LogP contribution in [0.3, 0.4) is 0 Å². The Morgan fingerprint density at radius 3 is 2.46 bits per heavy atom. The highest BCUT2D eigenvalue weighted by Gasteiger charge is 2.51. The highest BCUT2D eigenvalue weighted by Crippen LogP contribution is 2.57. The third-order valence-electron chi connectivity index (χ3n) is 7.73. The van der Waals surface area contributed by atoms with E-state index in [1.54, 1.807) is 0 Å². The maximum absolute atomic E-state index is 13.0. The summed E-state index contributed by atoms with van der Waals surface area (Å²) in [6, 6.07) is 9.82. The molecule has 0 radical (unpaired) electrons. The van der Waals surface area contributed by atoms with Crippen molar-refractivity contribution in [3.8, 4) is 0 Å². The van der Waals surface area contributed by atoms with E-state index >= 15 is 0 Å². The van der Waals surface area contributed by atoms with Crippen LogP contribution < -0.4 is 10.6 Å². The number of rotatable bonds is 5. The van der Waals surface area contributed by atoms with Crippen molar-refractivity contribution in [2.45, 2.75) is 52.4 Å². The second-order valence-corrected chi connectivity index (χ2v) is 8.95. The van der Waals surface area contributed by atoms with Crippen LogP contribution in [0.2, 0.25) is 0 Å². The molecule has 2 saturated carbocycles. The lowest BCUT2D eigenvalue weighted by atomic mass is 9.57. The molecule has 0 aliphatic heterocycles. The maximum atomic E-state index is 13.0. The quantitative estimate of drug-likeness (QED) is 0.725. The number of fused-ring (bicyclic) bond motifs is 3. The predicted molar refractivity (Wildman–Crippen MR) is 111 cm³/mol. The highest BCUT2D eigenvalue weighted by atomic mass is 16.2. The Kier molecular flexibility index (Phi) is 5.56. The van der Waals surface area contributed by atoms with Crippen LogP contribution in [0.15, 0.2) is 41.6 Å². The number of anilines is 1. The molecule has 150 valence electrons. The zero-order valence-electron chi connectivity index (χ0n) is 17.0. The molecule has 2 amide bonds. The monoisotopic (exact) mass is 380 g/mol. The standard InChI is InChI=1S/C24H32N2O2/c1-3-17-18-9-10-19-20(22(18)13-15(2)23(17)25-14-27)11-12-21(19)24(28)26-16-7-5-4-6-8-16/h4-8,14,17-22H,3,9-13H2,1-2H3,(H,25,27)(H,26,28). The largest absolute Gasteiger partial charge is 0.332 e. The van der Waals surface area contributed by atoms with Crippen LogP contribution in [-0.4, -0.2) is 12.3 Å². The lowest BCUT2D eigenvalue weighted by Crippen LogP contribution is -2.43. The van der Waals surface area contributed by atoms with Gasteiger partial charge >= 0.3 is 0 Å². The molecule has 3 aliphatic carbocycles. The minimum absolute atomic E-state index is 0.144. The van der Waals surface area contributed by atoms with Gasteiger partial charge in [0.05, 0.1) is 0 Å². The molecular formula is C24H32N2O2. The third-order valence-corrected chi connectivity index (χ3v) is 7.73. The molecule has 0 spiro atoms. The highest BCUT2D eigenvalue weighted by molar-refractivity contribution is 5.92. The summed E-state index contributed by atoms with van der Waals surface area (Å²) in [5.41, 5.74) is 3.42. The molecule has 1 aromatic rings. The Balaban J connectivity index is 1.51. The van der Waals surface area contributed by atoms with Gasteiger partial charge in [0, 0.05) is 23.2 Å². The van der Waals surface area contributed by atoms with Crippen molar-refractivity contribution in [3.05, 3.63) is 41.6 Å². The van der Waals surface area contributed by atoms with Gasteiger partial charge in [-0.2, -0.15) is 0 Å². The van der Waals surface area contributed by atoms with Gasteiger partial charge in [-0.1, -0.05) is 30.7 Å². The second kappa shape index (κ2) is 8.10. The molecule has 4 heteroatoms. The van der Waals surface area contributed by atoms with Crippen LogP contribution in [0.1, 0.15) is 52.4 Å². The molecule has 0 aromatic heterocycles. The van der Waals surface area contributed by atoms with Gasteiger partial charge in [0.25, 0.3) is 0 Å². The Hall–Kier alpha value is -2.10. The van der Waals surface area contributed by atoms with E-state index in [0.717, 1.165) is 37.8 Å². The van der Waals surface area contributed by atoms with Gasteiger partial charge in [-0.25, -0.2) is 0 Å². The van der Waals surface area contributed by atoms with Crippen molar-refractivity contribution in [1.82, 2.24) is 5.32 Å². The van der Waals surface area contributed by atoms with Gasteiger partial charge in [-0.3, -0.25) is 9.59 Å². The third kappa shape index (κ3) is 3.38. The molecule has 4 rings (SSSR count). The van der Waals surface area contributed by atoms with Gasteiger partial charge in [0.1, 0.15) is 0 Å². The first-order valence-electron chi connectivity index (χ1n) is 10.9. The summed E-state index contributed by atoms with van der Waals surface area (Å²) in [6.07, 6.45) is 7.48. The van der Waals surface area contributed by atoms with Crippen LogP contribution in [-0.2, 0) is 9.59 Å². The molecule has 2 N–H and O–H groups in total. The minimum Gasteiger partial charge on any atom is -0.332 e. The summed E-state index contributed by atoms with van der Waals surface area (Å²) in [5, 5.41) is 6.16. The van der Waals surface area contributed by atoms with Crippen LogP contribution in [0, 0.1) is 35.5 Å². The minimum atomic E-state index is 0.144. The molecular weight excluding hydrogens is 348 g/mol. The van der Waals surface area contributed by atoms with Crippen LogP contribution in [0.4, 0.5) is 5.69 Å². The Bertz CT molecular complexity index is 757. The van der Waals surface area contributed by atoms with E-state index in [4.69, 9.17) is 0 Å². The summed E-state index contributed by atoms with van der Waals surface area (Å²) in [4.78, 5) is 24.1. The molecule has 2 fully saturated rings. The van der Waals surface area contributed by atoms with Crippen LogP contribution in [0.25, 0.3) is 0 Å². The normalized spacial score (nSPS) is 34.4. The molecule has 4 nitrogen and oxygen atoms in total. The number of carbonyl (C=O) groups excluding carboxylic acids is 2. The van der Waals surface area contributed by atoms with Crippen molar-refractivity contribution in [2.75, 3.05) is 5.32 Å². The van der Waals surface area contributed by atoms with Crippen LogP contribution in [0.5, 0.6) is 0 Å². The van der Waals surface area contributed by atoms with E-state index in [0.29, 0.717) is 29.6 Å². The number of amides is 2. The summed E-state index contributed by atoms with van der Waals surface area (Å²) in [5.74, 6) is 3.27. The molecule has 28 heavy (non-hydrogen) atoms. The topological polar surface area (TPSA) is 58.2 Å². The molecule has 6 unspecified atom stereocenters. The fourth-order valence-corrected chi connectivity index (χ4v) is 6.64. The first kappa shape index (κ1) is 19.2. The van der Waals surface area contributed by atoms with E-state index in [1.165, 1.54) is 24.1 Å². The van der Waals surface area contributed by atoms with E-state index < -0.39 is 0 Å². The average molecular weight is 381 g/mol. The number of carbonyl (C=O) groups is 2. The molecule has 0 saturated heterocycles. The number of nitrogens with one attached hydrogen (secondary N) is 2.